The fourth-order valence-corrected chi connectivity index (χ4v) is 3.13. The van der Waals surface area contributed by atoms with E-state index in [1.807, 2.05) is 43.3 Å². The lowest BCUT2D eigenvalue weighted by molar-refractivity contribution is -0.125. The average Bonchev–Trinajstić information content (AvgIpc) is 2.61. The summed E-state index contributed by atoms with van der Waals surface area (Å²) in [7, 11) is 0. The summed E-state index contributed by atoms with van der Waals surface area (Å²) in [6.45, 7) is 3.95. The van der Waals surface area contributed by atoms with Crippen LogP contribution in [-0.4, -0.2) is 29.2 Å². The van der Waals surface area contributed by atoms with Crippen LogP contribution in [0.2, 0.25) is 5.02 Å². The maximum atomic E-state index is 12.5. The normalized spacial score (nSPS) is 17.6. The second-order valence-corrected chi connectivity index (χ2v) is 6.53. The lowest BCUT2D eigenvalue weighted by Crippen LogP contribution is -2.43. The zero-order valence-corrected chi connectivity index (χ0v) is 14.5. The molecule has 1 N–H and O–H groups in total. The summed E-state index contributed by atoms with van der Waals surface area (Å²) in [5.41, 5.74) is 1.83. The maximum Gasteiger partial charge on any atom is 0.225 e. The standard InChI is InChI=1S/C18H21ClN4O/c1-13-8-9-17(22-21-13)23-10-4-6-15(12-23)18(24)20-11-14-5-2-3-7-16(14)19/h2-3,5,7-9,15H,4,6,10-12H2,1H3,(H,20,24)/t15-/m1/s1. The van der Waals surface area contributed by atoms with Crippen molar-refractivity contribution in [2.45, 2.75) is 26.3 Å². The third-order valence-corrected chi connectivity index (χ3v) is 4.68. The average molecular weight is 345 g/mol. The number of carbonyl (C=O) groups excluding carboxylic acids is 1. The Labute approximate surface area is 147 Å². The van der Waals surface area contributed by atoms with Crippen LogP contribution in [0.1, 0.15) is 24.1 Å². The first-order chi connectivity index (χ1) is 11.6. The minimum absolute atomic E-state index is 0.0376. The van der Waals surface area contributed by atoms with Crippen LogP contribution in [0.25, 0.3) is 0 Å². The number of aryl methyl sites for hydroxylation is 1. The van der Waals surface area contributed by atoms with Gasteiger partial charge in [-0.15, -0.1) is 5.10 Å². The Morgan fingerprint density at radius 3 is 2.88 bits per heavy atom. The molecular weight excluding hydrogens is 324 g/mol. The Morgan fingerprint density at radius 1 is 1.29 bits per heavy atom. The van der Waals surface area contributed by atoms with Crippen molar-refractivity contribution in [2.24, 2.45) is 5.92 Å². The Balaban J connectivity index is 1.59. The predicted octanol–water partition coefficient (Wildman–Crippen LogP) is 2.97. The smallest absolute Gasteiger partial charge is 0.225 e. The zero-order chi connectivity index (χ0) is 16.9. The van der Waals surface area contributed by atoms with Crippen LogP contribution in [0, 0.1) is 12.8 Å². The first-order valence-electron chi connectivity index (χ1n) is 8.20. The lowest BCUT2D eigenvalue weighted by atomic mass is 9.97. The molecule has 126 valence electrons. The number of hydrogen-bond donors (Lipinski definition) is 1. The molecule has 1 atom stereocenters. The number of carbonyl (C=O) groups is 1. The highest BCUT2D eigenvalue weighted by molar-refractivity contribution is 6.31. The fraction of sp³-hybridized carbons (Fsp3) is 0.389. The van der Waals surface area contributed by atoms with Gasteiger partial charge in [0.2, 0.25) is 5.91 Å². The topological polar surface area (TPSA) is 58.1 Å². The third kappa shape index (κ3) is 4.03. The molecule has 0 saturated carbocycles. The van der Waals surface area contributed by atoms with Gasteiger partial charge in [0, 0.05) is 24.7 Å². The van der Waals surface area contributed by atoms with Gasteiger partial charge in [0.05, 0.1) is 11.6 Å². The summed E-state index contributed by atoms with van der Waals surface area (Å²) in [4.78, 5) is 14.6. The molecular formula is C18H21ClN4O. The third-order valence-electron chi connectivity index (χ3n) is 4.31. The zero-order valence-electron chi connectivity index (χ0n) is 13.7. The highest BCUT2D eigenvalue weighted by atomic mass is 35.5. The van der Waals surface area contributed by atoms with E-state index in [1.165, 1.54) is 0 Å². The van der Waals surface area contributed by atoms with E-state index in [-0.39, 0.29) is 11.8 Å². The van der Waals surface area contributed by atoms with Gasteiger partial charge < -0.3 is 10.2 Å². The molecule has 1 amide bonds. The van der Waals surface area contributed by atoms with Gasteiger partial charge >= 0.3 is 0 Å². The Bertz CT molecular complexity index is 704. The number of benzene rings is 1. The Hall–Kier alpha value is -2.14. The highest BCUT2D eigenvalue weighted by Crippen LogP contribution is 2.22. The van der Waals surface area contributed by atoms with Gasteiger partial charge in [-0.2, -0.15) is 5.10 Å². The van der Waals surface area contributed by atoms with Crippen molar-refractivity contribution in [1.29, 1.82) is 0 Å². The molecule has 2 heterocycles. The number of nitrogens with one attached hydrogen (secondary N) is 1. The molecule has 1 saturated heterocycles. The molecule has 6 heteroatoms. The number of rotatable bonds is 4. The largest absolute Gasteiger partial charge is 0.354 e. The van der Waals surface area contributed by atoms with E-state index >= 15 is 0 Å². The molecule has 1 fully saturated rings. The van der Waals surface area contributed by atoms with Gasteiger partial charge in [-0.3, -0.25) is 4.79 Å². The van der Waals surface area contributed by atoms with Gasteiger partial charge in [-0.25, -0.2) is 0 Å². The molecule has 1 aromatic heterocycles. The summed E-state index contributed by atoms with van der Waals surface area (Å²) in [6, 6.07) is 11.5. The van der Waals surface area contributed by atoms with E-state index in [2.05, 4.69) is 20.4 Å². The lowest BCUT2D eigenvalue weighted by Gasteiger charge is -2.32. The fourth-order valence-electron chi connectivity index (χ4n) is 2.93. The molecule has 1 aliphatic heterocycles. The molecule has 1 aromatic carbocycles. The van der Waals surface area contributed by atoms with Crippen LogP contribution in [0.15, 0.2) is 36.4 Å². The molecule has 5 nitrogen and oxygen atoms in total. The van der Waals surface area contributed by atoms with Crippen LogP contribution in [0.5, 0.6) is 0 Å². The monoisotopic (exact) mass is 344 g/mol. The van der Waals surface area contributed by atoms with Gasteiger partial charge in [0.1, 0.15) is 0 Å². The molecule has 0 bridgehead atoms. The van der Waals surface area contributed by atoms with E-state index in [9.17, 15) is 4.79 Å². The van der Waals surface area contributed by atoms with Crippen LogP contribution in [0.4, 0.5) is 5.82 Å². The second-order valence-electron chi connectivity index (χ2n) is 6.13. The summed E-state index contributed by atoms with van der Waals surface area (Å²) in [6.07, 6.45) is 1.86. The first kappa shape index (κ1) is 16.7. The molecule has 0 spiro atoms. The van der Waals surface area contributed by atoms with Gasteiger partial charge in [0.25, 0.3) is 0 Å². The minimum Gasteiger partial charge on any atom is -0.354 e. The SMILES string of the molecule is Cc1ccc(N2CCC[C@@H](C(=O)NCc3ccccc3Cl)C2)nn1. The molecule has 24 heavy (non-hydrogen) atoms. The van der Waals surface area contributed by atoms with Crippen molar-refractivity contribution in [3.63, 3.8) is 0 Å². The molecule has 0 unspecified atom stereocenters. The summed E-state index contributed by atoms with van der Waals surface area (Å²) >= 11 is 6.13. The van der Waals surface area contributed by atoms with Crippen LogP contribution in [-0.2, 0) is 11.3 Å². The minimum atomic E-state index is -0.0376. The molecule has 0 aliphatic carbocycles. The van der Waals surface area contributed by atoms with Gasteiger partial charge in [-0.1, -0.05) is 29.8 Å². The van der Waals surface area contributed by atoms with E-state index in [0.29, 0.717) is 18.1 Å². The second kappa shape index (κ2) is 7.62. The number of nitrogens with zero attached hydrogens (tertiary/aromatic N) is 3. The van der Waals surface area contributed by atoms with E-state index < -0.39 is 0 Å². The van der Waals surface area contributed by atoms with Crippen molar-refractivity contribution in [2.75, 3.05) is 18.0 Å². The van der Waals surface area contributed by atoms with Crippen molar-refractivity contribution >= 4 is 23.3 Å². The van der Waals surface area contributed by atoms with Crippen molar-refractivity contribution in [1.82, 2.24) is 15.5 Å². The summed E-state index contributed by atoms with van der Waals surface area (Å²) < 4.78 is 0. The molecule has 0 radical (unpaired) electrons. The van der Waals surface area contributed by atoms with Gasteiger partial charge in [0.15, 0.2) is 5.82 Å². The van der Waals surface area contributed by atoms with Crippen molar-refractivity contribution < 1.29 is 4.79 Å². The van der Waals surface area contributed by atoms with Crippen molar-refractivity contribution in [3.8, 4) is 0 Å². The number of hydrogen-bond acceptors (Lipinski definition) is 4. The van der Waals surface area contributed by atoms with E-state index in [4.69, 9.17) is 11.6 Å². The molecule has 2 aromatic rings. The van der Waals surface area contributed by atoms with Crippen LogP contribution in [0.3, 0.4) is 0 Å². The number of aromatic nitrogens is 2. The maximum absolute atomic E-state index is 12.5. The highest BCUT2D eigenvalue weighted by Gasteiger charge is 2.26. The molecule has 1 aliphatic rings. The quantitative estimate of drug-likeness (QED) is 0.926. The number of anilines is 1. The predicted molar refractivity (Wildman–Crippen MR) is 95.0 cm³/mol. The van der Waals surface area contributed by atoms with Gasteiger partial charge in [-0.05, 0) is 43.5 Å². The Morgan fingerprint density at radius 2 is 2.12 bits per heavy atom. The summed E-state index contributed by atoms with van der Waals surface area (Å²) in [5, 5.41) is 12.0. The number of piperidine rings is 1. The summed E-state index contributed by atoms with van der Waals surface area (Å²) in [5.74, 6) is 0.869. The molecule has 3 rings (SSSR count). The van der Waals surface area contributed by atoms with E-state index in [0.717, 1.165) is 36.5 Å². The van der Waals surface area contributed by atoms with E-state index in [1.54, 1.807) is 0 Å². The number of amides is 1. The van der Waals surface area contributed by atoms with Crippen LogP contribution < -0.4 is 10.2 Å². The van der Waals surface area contributed by atoms with Crippen LogP contribution >= 0.6 is 11.6 Å². The number of halogens is 1. The van der Waals surface area contributed by atoms with Crippen molar-refractivity contribution in [3.05, 3.63) is 52.7 Å². The first-order valence-corrected chi connectivity index (χ1v) is 8.57. The Kier molecular flexibility index (Phi) is 5.30.